The zero-order valence-electron chi connectivity index (χ0n) is 11.1. The lowest BCUT2D eigenvalue weighted by molar-refractivity contribution is 0.105. The number of piperidine rings is 1. The van der Waals surface area contributed by atoms with Crippen LogP contribution >= 0.6 is 0 Å². The van der Waals surface area contributed by atoms with Gasteiger partial charge in [0.05, 0.1) is 0 Å². The average Bonchev–Trinajstić information content (AvgIpc) is 2.28. The molecule has 0 saturated carbocycles. The number of rotatable bonds is 6. The second-order valence-corrected chi connectivity index (χ2v) is 5.02. The Bertz CT molecular complexity index is 205. The fourth-order valence-corrected chi connectivity index (χ4v) is 2.37. The highest BCUT2D eigenvalue weighted by atomic mass is 15.2. The van der Waals surface area contributed by atoms with Gasteiger partial charge in [-0.2, -0.15) is 0 Å². The van der Waals surface area contributed by atoms with Crippen molar-refractivity contribution in [3.8, 4) is 0 Å². The van der Waals surface area contributed by atoms with Crippen LogP contribution in [0.5, 0.6) is 0 Å². The van der Waals surface area contributed by atoms with Gasteiger partial charge >= 0.3 is 0 Å². The quantitative estimate of drug-likeness (QED) is 0.541. The summed E-state index contributed by atoms with van der Waals surface area (Å²) in [7, 11) is 4.48. The molecule has 0 aromatic carbocycles. The summed E-state index contributed by atoms with van der Waals surface area (Å²) in [5, 5.41) is 3.39. The summed E-state index contributed by atoms with van der Waals surface area (Å²) in [6.45, 7) is 10.4. The summed E-state index contributed by atoms with van der Waals surface area (Å²) in [4.78, 5) is 4.96. The first kappa shape index (κ1) is 13.7. The summed E-state index contributed by atoms with van der Waals surface area (Å²) in [6, 6.07) is 1.32. The summed E-state index contributed by atoms with van der Waals surface area (Å²) < 4.78 is 0. The van der Waals surface area contributed by atoms with Gasteiger partial charge in [0.2, 0.25) is 0 Å². The fourth-order valence-electron chi connectivity index (χ4n) is 2.37. The van der Waals surface area contributed by atoms with Gasteiger partial charge in [0.15, 0.2) is 0 Å². The van der Waals surface area contributed by atoms with Crippen LogP contribution in [0.2, 0.25) is 0 Å². The Labute approximate surface area is 100 Å². The van der Waals surface area contributed by atoms with Crippen molar-refractivity contribution >= 4 is 0 Å². The van der Waals surface area contributed by atoms with Crippen LogP contribution in [0.3, 0.4) is 0 Å². The lowest BCUT2D eigenvalue weighted by Crippen LogP contribution is -2.50. The molecule has 3 nitrogen and oxygen atoms in total. The van der Waals surface area contributed by atoms with Gasteiger partial charge in [0.1, 0.15) is 0 Å². The van der Waals surface area contributed by atoms with Gasteiger partial charge in [-0.15, -0.1) is 6.58 Å². The summed E-state index contributed by atoms with van der Waals surface area (Å²) in [5.41, 5.74) is 0. The summed E-state index contributed by atoms with van der Waals surface area (Å²) in [6.07, 6.45) is 4.59. The zero-order valence-corrected chi connectivity index (χ0v) is 11.1. The van der Waals surface area contributed by atoms with Gasteiger partial charge in [-0.25, -0.2) is 0 Å². The van der Waals surface area contributed by atoms with Gasteiger partial charge in [0, 0.05) is 31.7 Å². The lowest BCUT2D eigenvalue weighted by atomic mass is 10.0. The highest BCUT2D eigenvalue weighted by molar-refractivity contribution is 4.82. The standard InChI is InChI=1S/C13H27N3/c1-5-8-14-10-12(2)16(4)13-7-6-9-15(3)11-13/h5,12-14H,1,6-11H2,2-4H3. The van der Waals surface area contributed by atoms with E-state index in [0.717, 1.165) is 19.1 Å². The van der Waals surface area contributed by atoms with Crippen molar-refractivity contribution in [3.05, 3.63) is 12.7 Å². The maximum Gasteiger partial charge on any atom is 0.0223 e. The molecule has 1 rings (SSSR count). The molecule has 1 saturated heterocycles. The SMILES string of the molecule is C=CCNCC(C)N(C)C1CCCN(C)C1. The van der Waals surface area contributed by atoms with E-state index < -0.39 is 0 Å². The highest BCUT2D eigenvalue weighted by Gasteiger charge is 2.23. The molecule has 1 aliphatic heterocycles. The lowest BCUT2D eigenvalue weighted by Gasteiger charge is -2.39. The average molecular weight is 225 g/mol. The molecule has 1 aliphatic rings. The molecule has 0 amide bonds. The first-order valence-electron chi connectivity index (χ1n) is 6.37. The second kappa shape index (κ2) is 7.05. The number of hydrogen-bond acceptors (Lipinski definition) is 3. The minimum absolute atomic E-state index is 0.594. The van der Waals surface area contributed by atoms with Gasteiger partial charge in [0.25, 0.3) is 0 Å². The van der Waals surface area contributed by atoms with Gasteiger partial charge in [-0.05, 0) is 40.4 Å². The molecule has 0 aromatic heterocycles. The van der Waals surface area contributed by atoms with Crippen molar-refractivity contribution in [2.24, 2.45) is 0 Å². The van der Waals surface area contributed by atoms with Crippen molar-refractivity contribution in [1.29, 1.82) is 0 Å². The van der Waals surface area contributed by atoms with Crippen LogP contribution in [0.1, 0.15) is 19.8 Å². The van der Waals surface area contributed by atoms with E-state index in [1.54, 1.807) is 0 Å². The van der Waals surface area contributed by atoms with Crippen LogP contribution in [0.15, 0.2) is 12.7 Å². The van der Waals surface area contributed by atoms with Crippen LogP contribution < -0.4 is 5.32 Å². The Kier molecular flexibility index (Phi) is 6.03. The van der Waals surface area contributed by atoms with Crippen molar-refractivity contribution in [1.82, 2.24) is 15.1 Å². The number of likely N-dealkylation sites (tertiary alicyclic amines) is 1. The molecule has 1 N–H and O–H groups in total. The topological polar surface area (TPSA) is 18.5 Å². The number of nitrogens with one attached hydrogen (secondary N) is 1. The van der Waals surface area contributed by atoms with Crippen LogP contribution in [-0.4, -0.2) is 62.2 Å². The van der Waals surface area contributed by atoms with E-state index in [9.17, 15) is 0 Å². The Morgan fingerprint density at radius 3 is 3.00 bits per heavy atom. The third kappa shape index (κ3) is 4.24. The van der Waals surface area contributed by atoms with E-state index in [2.05, 4.69) is 42.7 Å². The van der Waals surface area contributed by atoms with Crippen molar-refractivity contribution in [3.63, 3.8) is 0 Å². The molecule has 2 unspecified atom stereocenters. The van der Waals surface area contributed by atoms with Gasteiger partial charge in [-0.1, -0.05) is 6.08 Å². The van der Waals surface area contributed by atoms with E-state index in [-0.39, 0.29) is 0 Å². The van der Waals surface area contributed by atoms with Crippen molar-refractivity contribution in [2.45, 2.75) is 31.8 Å². The molecule has 0 radical (unpaired) electrons. The highest BCUT2D eigenvalue weighted by Crippen LogP contribution is 2.15. The minimum atomic E-state index is 0.594. The Morgan fingerprint density at radius 1 is 1.62 bits per heavy atom. The molecule has 3 heteroatoms. The van der Waals surface area contributed by atoms with Crippen LogP contribution in [0, 0.1) is 0 Å². The molecule has 1 fully saturated rings. The minimum Gasteiger partial charge on any atom is -0.312 e. The third-order valence-corrected chi connectivity index (χ3v) is 3.60. The molecule has 1 heterocycles. The molecule has 0 bridgehead atoms. The van der Waals surface area contributed by atoms with E-state index in [1.165, 1.54) is 25.9 Å². The number of likely N-dealkylation sites (N-methyl/N-ethyl adjacent to an activating group) is 2. The monoisotopic (exact) mass is 225 g/mol. The zero-order chi connectivity index (χ0) is 12.0. The van der Waals surface area contributed by atoms with Crippen LogP contribution in [-0.2, 0) is 0 Å². The summed E-state index contributed by atoms with van der Waals surface area (Å²) in [5.74, 6) is 0. The van der Waals surface area contributed by atoms with E-state index >= 15 is 0 Å². The fraction of sp³-hybridized carbons (Fsp3) is 0.846. The Balaban J connectivity index is 2.30. The number of hydrogen-bond donors (Lipinski definition) is 1. The van der Waals surface area contributed by atoms with Crippen LogP contribution in [0.25, 0.3) is 0 Å². The molecule has 0 spiro atoms. The largest absolute Gasteiger partial charge is 0.312 e. The maximum atomic E-state index is 3.72. The van der Waals surface area contributed by atoms with E-state index in [0.29, 0.717) is 6.04 Å². The van der Waals surface area contributed by atoms with E-state index in [1.807, 2.05) is 6.08 Å². The van der Waals surface area contributed by atoms with Crippen LogP contribution in [0.4, 0.5) is 0 Å². The molecular weight excluding hydrogens is 198 g/mol. The third-order valence-electron chi connectivity index (χ3n) is 3.60. The predicted octanol–water partition coefficient (Wildman–Crippen LogP) is 1.18. The van der Waals surface area contributed by atoms with Crippen molar-refractivity contribution in [2.75, 3.05) is 40.3 Å². The molecule has 94 valence electrons. The molecule has 16 heavy (non-hydrogen) atoms. The smallest absolute Gasteiger partial charge is 0.0223 e. The molecule has 2 atom stereocenters. The normalized spacial score (nSPS) is 24.6. The Morgan fingerprint density at radius 2 is 2.38 bits per heavy atom. The van der Waals surface area contributed by atoms with Gasteiger partial charge < -0.3 is 10.2 Å². The Hall–Kier alpha value is -0.380. The van der Waals surface area contributed by atoms with Crippen molar-refractivity contribution < 1.29 is 0 Å². The maximum absolute atomic E-state index is 3.72. The number of nitrogens with zero attached hydrogens (tertiary/aromatic N) is 2. The molecule has 0 aliphatic carbocycles. The molecular formula is C13H27N3. The molecule has 0 aromatic rings. The first-order chi connectivity index (χ1) is 7.65. The van der Waals surface area contributed by atoms with Gasteiger partial charge in [-0.3, -0.25) is 4.90 Å². The predicted molar refractivity (Wildman–Crippen MR) is 70.8 cm³/mol. The van der Waals surface area contributed by atoms with E-state index in [4.69, 9.17) is 0 Å². The first-order valence-corrected chi connectivity index (χ1v) is 6.37. The summed E-state index contributed by atoms with van der Waals surface area (Å²) >= 11 is 0. The second-order valence-electron chi connectivity index (χ2n) is 5.02.